The maximum Gasteiger partial charge on any atom is 0.244 e. The van der Waals surface area contributed by atoms with Crippen LogP contribution in [0.25, 0.3) is 6.08 Å². The van der Waals surface area contributed by atoms with Gasteiger partial charge >= 0.3 is 0 Å². The van der Waals surface area contributed by atoms with Crippen molar-refractivity contribution >= 4 is 29.2 Å². The molecule has 37 heavy (non-hydrogen) atoms. The Hall–Kier alpha value is -4.43. The number of ether oxygens (including phenoxy) is 2. The van der Waals surface area contributed by atoms with Gasteiger partial charge in [-0.1, -0.05) is 42.5 Å². The van der Waals surface area contributed by atoms with Gasteiger partial charge < -0.3 is 25.6 Å². The standard InChI is InChI=1S/C29H30N2O6/c1-36-27-13-7-21(17-28(27)37-2)8-14-29(35)31-24(15-19-5-11-23(30)12-6-19)25(33)16-20-3-9-22(10-4-20)26(34)18-32/h3-14,17,24,32H,15-16,18,30H2,1-2H3,(H,31,35)/b14-8+/t24-/m0/s1. The van der Waals surface area contributed by atoms with E-state index in [0.29, 0.717) is 28.3 Å². The number of Topliss-reactive ketones (excluding diaryl/α,β-unsaturated/α-hetero) is 2. The molecule has 0 aliphatic rings. The van der Waals surface area contributed by atoms with Crippen LogP contribution in [0.5, 0.6) is 11.5 Å². The van der Waals surface area contributed by atoms with Crippen LogP contribution in [0.2, 0.25) is 0 Å². The summed E-state index contributed by atoms with van der Waals surface area (Å²) < 4.78 is 10.5. The van der Waals surface area contributed by atoms with Gasteiger partial charge in [-0.3, -0.25) is 14.4 Å². The third-order valence-corrected chi connectivity index (χ3v) is 5.76. The highest BCUT2D eigenvalue weighted by Crippen LogP contribution is 2.28. The van der Waals surface area contributed by atoms with Crippen LogP contribution in [0.3, 0.4) is 0 Å². The molecule has 0 spiro atoms. The Balaban J connectivity index is 1.75. The first-order valence-corrected chi connectivity index (χ1v) is 11.6. The lowest BCUT2D eigenvalue weighted by molar-refractivity contribution is -0.125. The number of hydrogen-bond donors (Lipinski definition) is 3. The number of nitrogen functional groups attached to an aromatic ring is 1. The second-order valence-electron chi connectivity index (χ2n) is 8.38. The molecule has 0 unspecified atom stereocenters. The molecule has 3 rings (SSSR count). The van der Waals surface area contributed by atoms with Crippen molar-refractivity contribution < 1.29 is 29.0 Å². The number of rotatable bonds is 12. The zero-order chi connectivity index (χ0) is 26.8. The van der Waals surface area contributed by atoms with Crippen LogP contribution in [0.15, 0.2) is 72.8 Å². The average Bonchev–Trinajstić information content (AvgIpc) is 2.92. The van der Waals surface area contributed by atoms with Gasteiger partial charge in [0.1, 0.15) is 6.61 Å². The third-order valence-electron chi connectivity index (χ3n) is 5.76. The molecule has 0 aliphatic heterocycles. The second-order valence-corrected chi connectivity index (χ2v) is 8.38. The highest BCUT2D eigenvalue weighted by Gasteiger charge is 2.21. The van der Waals surface area contributed by atoms with Gasteiger partial charge in [-0.25, -0.2) is 0 Å². The highest BCUT2D eigenvalue weighted by molar-refractivity contribution is 5.98. The molecular weight excluding hydrogens is 472 g/mol. The maximum atomic E-state index is 13.2. The fourth-order valence-electron chi connectivity index (χ4n) is 3.71. The monoisotopic (exact) mass is 502 g/mol. The van der Waals surface area contributed by atoms with E-state index in [1.54, 1.807) is 67.8 Å². The van der Waals surface area contributed by atoms with E-state index >= 15 is 0 Å². The maximum absolute atomic E-state index is 13.2. The summed E-state index contributed by atoms with van der Waals surface area (Å²) >= 11 is 0. The van der Waals surface area contributed by atoms with Crippen molar-refractivity contribution in [3.63, 3.8) is 0 Å². The van der Waals surface area contributed by atoms with E-state index in [1.807, 2.05) is 12.1 Å². The SMILES string of the molecule is COc1ccc(/C=C/C(=O)N[C@@H](Cc2ccc(N)cc2)C(=O)Cc2ccc(C(=O)CO)cc2)cc1OC. The molecule has 0 heterocycles. The van der Waals surface area contributed by atoms with E-state index < -0.39 is 24.3 Å². The number of ketones is 2. The van der Waals surface area contributed by atoms with E-state index in [0.717, 1.165) is 11.1 Å². The molecule has 3 aromatic rings. The molecule has 3 aromatic carbocycles. The second kappa shape index (κ2) is 13.0. The van der Waals surface area contributed by atoms with Crippen molar-refractivity contribution in [2.24, 2.45) is 0 Å². The van der Waals surface area contributed by atoms with Gasteiger partial charge in [0.25, 0.3) is 0 Å². The minimum absolute atomic E-state index is 0.0624. The first-order valence-electron chi connectivity index (χ1n) is 11.6. The number of carbonyl (C=O) groups excluding carboxylic acids is 3. The van der Waals surface area contributed by atoms with Gasteiger partial charge in [-0.2, -0.15) is 0 Å². The number of amides is 1. The molecular formula is C29H30N2O6. The average molecular weight is 503 g/mol. The predicted octanol–water partition coefficient (Wildman–Crippen LogP) is 3.01. The highest BCUT2D eigenvalue weighted by atomic mass is 16.5. The van der Waals surface area contributed by atoms with E-state index in [-0.39, 0.29) is 18.6 Å². The van der Waals surface area contributed by atoms with E-state index in [9.17, 15) is 14.4 Å². The summed E-state index contributed by atoms with van der Waals surface area (Å²) in [6.07, 6.45) is 3.34. The number of methoxy groups -OCH3 is 2. The molecule has 1 amide bonds. The number of anilines is 1. The smallest absolute Gasteiger partial charge is 0.244 e. The molecule has 0 saturated heterocycles. The molecule has 0 fully saturated rings. The van der Waals surface area contributed by atoms with Gasteiger partial charge in [0.05, 0.1) is 20.3 Å². The molecule has 4 N–H and O–H groups in total. The molecule has 0 aromatic heterocycles. The molecule has 1 atom stereocenters. The van der Waals surface area contributed by atoms with Gasteiger partial charge in [0, 0.05) is 23.7 Å². The quantitative estimate of drug-likeness (QED) is 0.197. The topological polar surface area (TPSA) is 128 Å². The summed E-state index contributed by atoms with van der Waals surface area (Å²) in [7, 11) is 3.07. The van der Waals surface area contributed by atoms with E-state index in [1.165, 1.54) is 13.2 Å². The normalized spacial score (nSPS) is 11.6. The lowest BCUT2D eigenvalue weighted by Gasteiger charge is -2.17. The number of nitrogens with one attached hydrogen (secondary N) is 1. The largest absolute Gasteiger partial charge is 0.493 e. The summed E-state index contributed by atoms with van der Waals surface area (Å²) in [6.45, 7) is -0.579. The fourth-order valence-corrected chi connectivity index (χ4v) is 3.71. The Bertz CT molecular complexity index is 1270. The Kier molecular flexibility index (Phi) is 9.57. The number of hydrogen-bond acceptors (Lipinski definition) is 7. The van der Waals surface area contributed by atoms with Crippen LogP contribution in [-0.4, -0.2) is 49.4 Å². The number of aliphatic hydroxyl groups excluding tert-OH is 1. The molecule has 8 nitrogen and oxygen atoms in total. The predicted molar refractivity (Wildman–Crippen MR) is 142 cm³/mol. The van der Waals surface area contributed by atoms with Crippen molar-refractivity contribution in [2.75, 3.05) is 26.6 Å². The van der Waals surface area contributed by atoms with Crippen LogP contribution < -0.4 is 20.5 Å². The summed E-state index contributed by atoms with van der Waals surface area (Å²) in [5, 5.41) is 11.8. The van der Waals surface area contributed by atoms with Crippen molar-refractivity contribution in [3.8, 4) is 11.5 Å². The van der Waals surface area contributed by atoms with Crippen molar-refractivity contribution in [2.45, 2.75) is 18.9 Å². The number of aliphatic hydroxyl groups is 1. The van der Waals surface area contributed by atoms with Crippen molar-refractivity contribution in [1.29, 1.82) is 0 Å². The summed E-state index contributed by atoms with van der Waals surface area (Å²) in [6, 6.07) is 18.1. The Morgan fingerprint density at radius 1 is 0.919 bits per heavy atom. The van der Waals surface area contributed by atoms with Gasteiger partial charge in [-0.05, 0) is 53.5 Å². The zero-order valence-corrected chi connectivity index (χ0v) is 20.8. The summed E-state index contributed by atoms with van der Waals surface area (Å²) in [4.78, 5) is 37.6. The zero-order valence-electron chi connectivity index (χ0n) is 20.8. The van der Waals surface area contributed by atoms with Gasteiger partial charge in [0.15, 0.2) is 23.1 Å². The van der Waals surface area contributed by atoms with E-state index in [4.69, 9.17) is 20.3 Å². The summed E-state index contributed by atoms with van der Waals surface area (Å²) in [5.41, 5.74) is 9.01. The first-order chi connectivity index (χ1) is 17.8. The first kappa shape index (κ1) is 27.2. The van der Waals surface area contributed by atoms with Crippen LogP contribution in [0.4, 0.5) is 5.69 Å². The van der Waals surface area contributed by atoms with E-state index in [2.05, 4.69) is 5.32 Å². The Morgan fingerprint density at radius 3 is 2.19 bits per heavy atom. The number of nitrogens with two attached hydrogens (primary N) is 1. The molecule has 0 aliphatic carbocycles. The van der Waals surface area contributed by atoms with Gasteiger partial charge in [-0.15, -0.1) is 0 Å². The summed E-state index contributed by atoms with van der Waals surface area (Å²) in [5.74, 6) is 0.103. The lowest BCUT2D eigenvalue weighted by Crippen LogP contribution is -2.42. The molecule has 0 radical (unpaired) electrons. The van der Waals surface area contributed by atoms with Crippen molar-refractivity contribution in [1.82, 2.24) is 5.32 Å². The van der Waals surface area contributed by atoms with Crippen LogP contribution in [0.1, 0.15) is 27.0 Å². The third kappa shape index (κ3) is 7.78. The molecule has 0 bridgehead atoms. The number of carbonyl (C=O) groups is 3. The minimum atomic E-state index is -0.787. The fraction of sp³-hybridized carbons (Fsp3) is 0.207. The van der Waals surface area contributed by atoms with Crippen LogP contribution >= 0.6 is 0 Å². The Morgan fingerprint density at radius 2 is 1.57 bits per heavy atom. The number of benzene rings is 3. The molecule has 8 heteroatoms. The molecule has 192 valence electrons. The van der Waals surface area contributed by atoms with Gasteiger partial charge in [0.2, 0.25) is 5.91 Å². The van der Waals surface area contributed by atoms with Crippen molar-refractivity contribution in [3.05, 3.63) is 95.1 Å². The van der Waals surface area contributed by atoms with Crippen LogP contribution in [0, 0.1) is 0 Å². The Labute approximate surface area is 215 Å². The molecule has 0 saturated carbocycles. The minimum Gasteiger partial charge on any atom is -0.493 e. The lowest BCUT2D eigenvalue weighted by atomic mass is 9.96. The van der Waals surface area contributed by atoms with Crippen LogP contribution in [-0.2, 0) is 22.4 Å².